The number of fused-ring (bicyclic) bond motifs is 2. The summed E-state index contributed by atoms with van der Waals surface area (Å²) >= 11 is 0. The van der Waals surface area contributed by atoms with E-state index in [1.807, 2.05) is 6.07 Å². The van der Waals surface area contributed by atoms with E-state index in [4.69, 9.17) is 0 Å². The molecule has 1 saturated heterocycles. The first-order valence-corrected chi connectivity index (χ1v) is 14.1. The maximum Gasteiger partial charge on any atom is 0.416 e. The van der Waals surface area contributed by atoms with E-state index in [2.05, 4.69) is 58.9 Å². The largest absolute Gasteiger partial charge is 0.416 e. The first-order valence-electron chi connectivity index (χ1n) is 14.1. The Balaban J connectivity index is 1.14. The van der Waals surface area contributed by atoms with Gasteiger partial charge in [-0.1, -0.05) is 67.6 Å². The second-order valence-electron chi connectivity index (χ2n) is 11.5. The van der Waals surface area contributed by atoms with Crippen molar-refractivity contribution in [2.24, 2.45) is 5.92 Å². The third-order valence-electron chi connectivity index (χ3n) is 9.23. The van der Waals surface area contributed by atoms with Crippen LogP contribution in [0.25, 0.3) is 6.08 Å². The van der Waals surface area contributed by atoms with Crippen LogP contribution in [-0.2, 0) is 11.6 Å². The number of hydrogen-bond donors (Lipinski definition) is 2. The third kappa shape index (κ3) is 5.03. The average molecular weight is 546 g/mol. The maximum absolute atomic E-state index is 14.2. The van der Waals surface area contributed by atoms with Gasteiger partial charge in [-0.2, -0.15) is 13.2 Å². The highest BCUT2D eigenvalue weighted by molar-refractivity contribution is 5.99. The van der Waals surface area contributed by atoms with Crippen molar-refractivity contribution < 1.29 is 18.0 Å². The number of halogens is 3. The number of rotatable bonds is 4. The number of para-hydroxylation sites is 1. The predicted octanol–water partition coefficient (Wildman–Crippen LogP) is 8.29. The Morgan fingerprint density at radius 3 is 2.48 bits per heavy atom. The summed E-state index contributed by atoms with van der Waals surface area (Å²) in [6.07, 6.45) is 3.49. The van der Waals surface area contributed by atoms with Crippen molar-refractivity contribution in [1.82, 2.24) is 4.90 Å². The van der Waals surface area contributed by atoms with E-state index in [1.165, 1.54) is 11.1 Å². The van der Waals surface area contributed by atoms with Gasteiger partial charge in [-0.25, -0.2) is 4.79 Å². The SMILES string of the molecule is C[C@H]1CN(C2CCC(c3ccc(NC(=O)Nc4ccccc4)cc3C(F)(F)F)C2)CCC12C=Cc1ccccc12. The molecule has 40 heavy (non-hydrogen) atoms. The summed E-state index contributed by atoms with van der Waals surface area (Å²) in [5, 5.41) is 5.20. The van der Waals surface area contributed by atoms with Gasteiger partial charge in [0.2, 0.25) is 0 Å². The number of allylic oxidation sites excluding steroid dienone is 1. The molecule has 4 nitrogen and oxygen atoms in total. The number of benzene rings is 3. The van der Waals surface area contributed by atoms with Crippen LogP contribution in [0.4, 0.5) is 29.3 Å². The van der Waals surface area contributed by atoms with Crippen molar-refractivity contribution in [2.45, 2.75) is 56.2 Å². The lowest BCUT2D eigenvalue weighted by Gasteiger charge is -2.46. The highest BCUT2D eigenvalue weighted by Gasteiger charge is 2.46. The van der Waals surface area contributed by atoms with Crippen LogP contribution >= 0.6 is 0 Å². The van der Waals surface area contributed by atoms with Crippen LogP contribution in [0.3, 0.4) is 0 Å². The van der Waals surface area contributed by atoms with Gasteiger partial charge >= 0.3 is 12.2 Å². The molecule has 3 unspecified atom stereocenters. The molecule has 2 N–H and O–H groups in total. The molecule has 6 rings (SSSR count). The summed E-state index contributed by atoms with van der Waals surface area (Å²) in [5.41, 5.74) is 3.14. The Morgan fingerprint density at radius 1 is 0.950 bits per heavy atom. The average Bonchev–Trinajstić information content (AvgIpc) is 3.57. The van der Waals surface area contributed by atoms with Crippen molar-refractivity contribution in [3.8, 4) is 0 Å². The van der Waals surface area contributed by atoms with E-state index in [0.717, 1.165) is 44.8 Å². The van der Waals surface area contributed by atoms with Crippen LogP contribution in [0.15, 0.2) is 78.9 Å². The van der Waals surface area contributed by atoms with Gasteiger partial charge in [0.1, 0.15) is 0 Å². The Morgan fingerprint density at radius 2 is 1.70 bits per heavy atom. The summed E-state index contributed by atoms with van der Waals surface area (Å²) in [6, 6.07) is 21.3. The number of nitrogens with zero attached hydrogens (tertiary/aromatic N) is 1. The van der Waals surface area contributed by atoms with Crippen LogP contribution in [0.5, 0.6) is 0 Å². The quantitative estimate of drug-likeness (QED) is 0.346. The fourth-order valence-corrected chi connectivity index (χ4v) is 7.18. The van der Waals surface area contributed by atoms with Gasteiger partial charge in [0, 0.05) is 29.4 Å². The van der Waals surface area contributed by atoms with E-state index in [1.54, 1.807) is 36.4 Å². The fourth-order valence-electron chi connectivity index (χ4n) is 7.18. The molecule has 0 radical (unpaired) electrons. The molecule has 0 aromatic heterocycles. The molecular weight excluding hydrogens is 511 g/mol. The highest BCUT2D eigenvalue weighted by atomic mass is 19.4. The van der Waals surface area contributed by atoms with Crippen LogP contribution in [-0.4, -0.2) is 30.1 Å². The number of urea groups is 1. The fraction of sp³-hybridized carbons (Fsp3) is 0.364. The number of alkyl halides is 3. The van der Waals surface area contributed by atoms with Crippen molar-refractivity contribution in [3.05, 3.63) is 101 Å². The lowest BCUT2D eigenvalue weighted by molar-refractivity contribution is -0.138. The number of nitrogens with one attached hydrogen (secondary N) is 2. The zero-order chi connectivity index (χ0) is 27.9. The Hall–Kier alpha value is -3.58. The maximum atomic E-state index is 14.2. The normalized spacial score (nSPS) is 26.1. The number of amides is 2. The third-order valence-corrected chi connectivity index (χ3v) is 9.23. The molecule has 2 amide bonds. The van der Waals surface area contributed by atoms with Gasteiger partial charge in [0.25, 0.3) is 0 Å². The second-order valence-corrected chi connectivity index (χ2v) is 11.5. The van der Waals surface area contributed by atoms with E-state index in [9.17, 15) is 18.0 Å². The minimum Gasteiger partial charge on any atom is -0.308 e. The zero-order valence-electron chi connectivity index (χ0n) is 22.5. The minimum atomic E-state index is -4.50. The van der Waals surface area contributed by atoms with Crippen molar-refractivity contribution in [1.29, 1.82) is 0 Å². The smallest absolute Gasteiger partial charge is 0.308 e. The van der Waals surface area contributed by atoms with Gasteiger partial charge in [-0.15, -0.1) is 0 Å². The molecule has 1 heterocycles. The molecule has 2 aliphatic carbocycles. The molecule has 2 fully saturated rings. The first kappa shape index (κ1) is 26.6. The molecule has 1 spiro atoms. The molecule has 0 bridgehead atoms. The summed E-state index contributed by atoms with van der Waals surface area (Å²) in [4.78, 5) is 14.9. The second kappa shape index (κ2) is 10.4. The van der Waals surface area contributed by atoms with Crippen LogP contribution < -0.4 is 10.6 Å². The van der Waals surface area contributed by atoms with Crippen molar-refractivity contribution in [3.63, 3.8) is 0 Å². The summed E-state index contributed by atoms with van der Waals surface area (Å²) in [6.45, 7) is 4.21. The molecular formula is C33H34F3N3O. The highest BCUT2D eigenvalue weighted by Crippen LogP contribution is 2.49. The van der Waals surface area contributed by atoms with E-state index >= 15 is 0 Å². The zero-order valence-corrected chi connectivity index (χ0v) is 22.5. The Bertz CT molecular complexity index is 1420. The molecule has 3 aliphatic rings. The number of carbonyl (C=O) groups is 1. The molecule has 4 atom stereocenters. The van der Waals surface area contributed by atoms with Gasteiger partial charge < -0.3 is 15.5 Å². The van der Waals surface area contributed by atoms with Crippen molar-refractivity contribution in [2.75, 3.05) is 23.7 Å². The lowest BCUT2D eigenvalue weighted by atomic mass is 9.68. The summed E-state index contributed by atoms with van der Waals surface area (Å²) in [7, 11) is 0. The van der Waals surface area contributed by atoms with E-state index < -0.39 is 17.8 Å². The Kier molecular flexibility index (Phi) is 6.95. The van der Waals surface area contributed by atoms with Gasteiger partial charge in [-0.05, 0) is 85.0 Å². The standard InChI is InChI=1S/C33H34F3N3O/c1-22-21-39(18-17-32(22)16-15-23-7-5-6-10-29(23)32)27-13-11-24(19-27)28-14-12-26(20-30(28)33(34,35)36)38-31(40)37-25-8-3-2-4-9-25/h2-10,12,14-16,20,22,24,27H,11,13,17-19,21H2,1H3,(H2,37,38,40)/t22-,24?,27?,32?/m0/s1. The van der Waals surface area contributed by atoms with Gasteiger partial charge in [0.15, 0.2) is 0 Å². The summed E-state index contributed by atoms with van der Waals surface area (Å²) < 4.78 is 42.6. The topological polar surface area (TPSA) is 44.4 Å². The van der Waals surface area contributed by atoms with Gasteiger partial charge in [-0.3, -0.25) is 0 Å². The molecule has 208 valence electrons. The van der Waals surface area contributed by atoms with Crippen LogP contribution in [0, 0.1) is 5.92 Å². The molecule has 1 aliphatic heterocycles. The van der Waals surface area contributed by atoms with E-state index in [-0.39, 0.29) is 23.1 Å². The number of anilines is 2. The van der Waals surface area contributed by atoms with Crippen molar-refractivity contribution >= 4 is 23.5 Å². The number of piperidine rings is 1. The Labute approximate surface area is 233 Å². The van der Waals surface area contributed by atoms with Crippen LogP contribution in [0.1, 0.15) is 60.8 Å². The molecule has 3 aromatic rings. The number of hydrogen-bond acceptors (Lipinski definition) is 2. The van der Waals surface area contributed by atoms with E-state index in [0.29, 0.717) is 17.2 Å². The molecule has 3 aromatic carbocycles. The lowest BCUT2D eigenvalue weighted by Crippen LogP contribution is -2.50. The van der Waals surface area contributed by atoms with Crippen LogP contribution in [0.2, 0.25) is 0 Å². The minimum absolute atomic E-state index is 0.0597. The number of carbonyl (C=O) groups excluding carboxylic acids is 1. The first-order chi connectivity index (χ1) is 19.2. The van der Waals surface area contributed by atoms with Gasteiger partial charge in [0.05, 0.1) is 5.56 Å². The number of likely N-dealkylation sites (tertiary alicyclic amines) is 1. The molecule has 7 heteroatoms. The monoisotopic (exact) mass is 545 g/mol. The predicted molar refractivity (Wildman–Crippen MR) is 153 cm³/mol. The summed E-state index contributed by atoms with van der Waals surface area (Å²) in [5.74, 6) is 0.269. The molecule has 1 saturated carbocycles.